The van der Waals surface area contributed by atoms with Crippen LogP contribution in [0.4, 0.5) is 0 Å². The van der Waals surface area contributed by atoms with Crippen LogP contribution in [0, 0.1) is 0 Å². The molecule has 0 fully saturated rings. The zero-order valence-corrected chi connectivity index (χ0v) is 15.8. The van der Waals surface area contributed by atoms with Gasteiger partial charge in [0, 0.05) is 29.0 Å². The first-order chi connectivity index (χ1) is 13.1. The zero-order chi connectivity index (χ0) is 19.1. The normalized spacial score (nSPS) is 11.6. The minimum absolute atomic E-state index is 0.120. The molecule has 0 saturated heterocycles. The van der Waals surface area contributed by atoms with Crippen LogP contribution in [0.1, 0.15) is 29.4 Å². The molecule has 1 aromatic heterocycles. The van der Waals surface area contributed by atoms with Crippen molar-refractivity contribution in [2.45, 2.75) is 25.9 Å². The van der Waals surface area contributed by atoms with Gasteiger partial charge in [-0.2, -0.15) is 0 Å². The molecule has 2 amide bonds. The third kappa shape index (κ3) is 5.49. The molecule has 5 nitrogen and oxygen atoms in total. The summed E-state index contributed by atoms with van der Waals surface area (Å²) >= 11 is 1.55. The van der Waals surface area contributed by atoms with Crippen molar-refractivity contribution in [2.75, 3.05) is 0 Å². The molecule has 3 aromatic rings. The Bertz CT molecular complexity index is 894. The molecule has 0 aliphatic carbocycles. The molecule has 2 N–H and O–H groups in total. The first-order valence-electron chi connectivity index (χ1n) is 8.74. The maximum Gasteiger partial charge on any atom is 0.251 e. The molecular weight excluding hydrogens is 358 g/mol. The van der Waals surface area contributed by atoms with E-state index >= 15 is 0 Å². The number of aromatic nitrogens is 1. The van der Waals surface area contributed by atoms with Crippen molar-refractivity contribution in [3.05, 3.63) is 77.3 Å². The average Bonchev–Trinajstić information content (AvgIpc) is 3.17. The molecule has 0 aliphatic rings. The number of nitrogens with one attached hydrogen (secondary N) is 2. The third-order valence-electron chi connectivity index (χ3n) is 3.94. The highest BCUT2D eigenvalue weighted by Crippen LogP contribution is 2.23. The number of nitrogens with zero attached hydrogens (tertiary/aromatic N) is 1. The second kappa shape index (κ2) is 9.09. The lowest BCUT2D eigenvalue weighted by Crippen LogP contribution is -2.37. The monoisotopic (exact) mass is 379 g/mol. The summed E-state index contributed by atoms with van der Waals surface area (Å²) < 4.78 is 0. The van der Waals surface area contributed by atoms with Gasteiger partial charge in [-0.25, -0.2) is 4.98 Å². The average molecular weight is 379 g/mol. The zero-order valence-electron chi connectivity index (χ0n) is 15.0. The number of carbonyl (C=O) groups is 2. The Hall–Kier alpha value is -2.99. The van der Waals surface area contributed by atoms with Crippen molar-refractivity contribution in [1.29, 1.82) is 0 Å². The van der Waals surface area contributed by atoms with Crippen molar-refractivity contribution >= 4 is 23.2 Å². The Kier molecular flexibility index (Phi) is 6.33. The summed E-state index contributed by atoms with van der Waals surface area (Å²) in [6.07, 6.45) is 0.217. The molecule has 6 heteroatoms. The fourth-order valence-corrected chi connectivity index (χ4v) is 3.41. The first kappa shape index (κ1) is 18.8. The van der Waals surface area contributed by atoms with E-state index in [-0.39, 0.29) is 24.3 Å². The highest BCUT2D eigenvalue weighted by molar-refractivity contribution is 7.13. The Morgan fingerprint density at radius 3 is 2.41 bits per heavy atom. The maximum atomic E-state index is 12.1. The lowest BCUT2D eigenvalue weighted by atomic mass is 10.1. The van der Waals surface area contributed by atoms with Gasteiger partial charge in [0.05, 0.1) is 12.2 Å². The van der Waals surface area contributed by atoms with Crippen LogP contribution in [-0.2, 0) is 11.3 Å². The van der Waals surface area contributed by atoms with E-state index in [4.69, 9.17) is 0 Å². The minimum atomic E-state index is -0.256. The van der Waals surface area contributed by atoms with Gasteiger partial charge >= 0.3 is 0 Å². The number of rotatable bonds is 7. The van der Waals surface area contributed by atoms with Gasteiger partial charge in [0.25, 0.3) is 5.91 Å². The van der Waals surface area contributed by atoms with E-state index in [1.165, 1.54) is 0 Å². The van der Waals surface area contributed by atoms with E-state index in [1.807, 2.05) is 60.8 Å². The van der Waals surface area contributed by atoms with E-state index in [9.17, 15) is 9.59 Å². The number of hydrogen-bond donors (Lipinski definition) is 2. The maximum absolute atomic E-state index is 12.1. The molecular formula is C21H21N3O2S. The van der Waals surface area contributed by atoms with Crippen LogP contribution in [-0.4, -0.2) is 22.8 Å². The Morgan fingerprint density at radius 1 is 1.04 bits per heavy atom. The van der Waals surface area contributed by atoms with Crippen LogP contribution in [0.5, 0.6) is 0 Å². The number of benzene rings is 2. The summed E-state index contributed by atoms with van der Waals surface area (Å²) in [5, 5.41) is 8.58. The molecule has 2 aromatic carbocycles. The van der Waals surface area contributed by atoms with Crippen LogP contribution < -0.4 is 10.6 Å². The number of carbonyl (C=O) groups excluding carboxylic acids is 2. The minimum Gasteiger partial charge on any atom is -0.350 e. The van der Waals surface area contributed by atoms with Gasteiger partial charge in [0.15, 0.2) is 0 Å². The standard InChI is InChI=1S/C21H21N3O2S/c1-15(23-20(26)16-8-4-2-5-9-16)12-19(25)22-13-18-14-27-21(24-18)17-10-6-3-7-11-17/h2-11,14-15H,12-13H2,1H3,(H,22,25)(H,23,26). The summed E-state index contributed by atoms with van der Waals surface area (Å²) in [4.78, 5) is 28.8. The van der Waals surface area contributed by atoms with Gasteiger partial charge in [-0.15, -0.1) is 11.3 Å². The number of amides is 2. The molecule has 138 valence electrons. The van der Waals surface area contributed by atoms with Crippen LogP contribution in [0.2, 0.25) is 0 Å². The van der Waals surface area contributed by atoms with E-state index in [1.54, 1.807) is 23.5 Å². The van der Waals surface area contributed by atoms with Crippen LogP contribution in [0.15, 0.2) is 66.0 Å². The largest absolute Gasteiger partial charge is 0.350 e. The molecule has 0 aliphatic heterocycles. The van der Waals surface area contributed by atoms with Gasteiger partial charge in [0.2, 0.25) is 5.91 Å². The molecule has 27 heavy (non-hydrogen) atoms. The van der Waals surface area contributed by atoms with Crippen molar-refractivity contribution in [3.63, 3.8) is 0 Å². The second-order valence-electron chi connectivity index (χ2n) is 6.23. The molecule has 0 bridgehead atoms. The summed E-state index contributed by atoms with van der Waals surface area (Å²) in [6.45, 7) is 2.19. The molecule has 1 heterocycles. The molecule has 3 rings (SSSR count). The van der Waals surface area contributed by atoms with Gasteiger partial charge in [-0.1, -0.05) is 48.5 Å². The molecule has 0 saturated carbocycles. The topological polar surface area (TPSA) is 71.1 Å². The fourth-order valence-electron chi connectivity index (χ4n) is 2.59. The van der Waals surface area contributed by atoms with Crippen molar-refractivity contribution < 1.29 is 9.59 Å². The van der Waals surface area contributed by atoms with E-state index in [2.05, 4.69) is 15.6 Å². The predicted molar refractivity (Wildman–Crippen MR) is 107 cm³/mol. The van der Waals surface area contributed by atoms with E-state index in [0.717, 1.165) is 16.3 Å². The highest BCUT2D eigenvalue weighted by atomic mass is 32.1. The first-order valence-corrected chi connectivity index (χ1v) is 9.62. The SMILES string of the molecule is CC(CC(=O)NCc1csc(-c2ccccc2)n1)NC(=O)c1ccccc1. The number of hydrogen-bond acceptors (Lipinski definition) is 4. The van der Waals surface area contributed by atoms with Crippen LogP contribution in [0.3, 0.4) is 0 Å². The fraction of sp³-hybridized carbons (Fsp3) is 0.190. The smallest absolute Gasteiger partial charge is 0.251 e. The quantitative estimate of drug-likeness (QED) is 0.658. The van der Waals surface area contributed by atoms with Crippen molar-refractivity contribution in [2.24, 2.45) is 0 Å². The molecule has 1 atom stereocenters. The summed E-state index contributed by atoms with van der Waals surface area (Å²) in [7, 11) is 0. The summed E-state index contributed by atoms with van der Waals surface area (Å²) in [5.41, 5.74) is 2.48. The molecule has 0 radical (unpaired) electrons. The Labute approximate surface area is 162 Å². The predicted octanol–water partition coefficient (Wildman–Crippen LogP) is 3.63. The highest BCUT2D eigenvalue weighted by Gasteiger charge is 2.13. The van der Waals surface area contributed by atoms with Gasteiger partial charge in [-0.3, -0.25) is 9.59 Å². The van der Waals surface area contributed by atoms with Crippen molar-refractivity contribution in [3.8, 4) is 10.6 Å². The molecule has 1 unspecified atom stereocenters. The lowest BCUT2D eigenvalue weighted by molar-refractivity contribution is -0.121. The van der Waals surface area contributed by atoms with E-state index < -0.39 is 0 Å². The van der Waals surface area contributed by atoms with E-state index in [0.29, 0.717) is 12.1 Å². The summed E-state index contributed by atoms with van der Waals surface area (Å²) in [5.74, 6) is -0.298. The second-order valence-corrected chi connectivity index (χ2v) is 7.09. The summed E-state index contributed by atoms with van der Waals surface area (Å²) in [6, 6.07) is 18.7. The van der Waals surface area contributed by atoms with Crippen LogP contribution >= 0.6 is 11.3 Å². The Balaban J connectivity index is 1.46. The van der Waals surface area contributed by atoms with Crippen LogP contribution in [0.25, 0.3) is 10.6 Å². The van der Waals surface area contributed by atoms with Crippen molar-refractivity contribution in [1.82, 2.24) is 15.6 Å². The lowest BCUT2D eigenvalue weighted by Gasteiger charge is -2.13. The van der Waals surface area contributed by atoms with Gasteiger partial charge in [0.1, 0.15) is 5.01 Å². The van der Waals surface area contributed by atoms with Gasteiger partial charge in [-0.05, 0) is 19.1 Å². The molecule has 0 spiro atoms. The Morgan fingerprint density at radius 2 is 1.70 bits per heavy atom. The number of thiazole rings is 1. The third-order valence-corrected chi connectivity index (χ3v) is 4.88. The van der Waals surface area contributed by atoms with Gasteiger partial charge < -0.3 is 10.6 Å².